The zero-order chi connectivity index (χ0) is 19.4. The van der Waals surface area contributed by atoms with Gasteiger partial charge in [0, 0.05) is 6.54 Å². The van der Waals surface area contributed by atoms with Crippen molar-refractivity contribution >= 4 is 11.8 Å². The Balaban J connectivity index is 1.65. The lowest BCUT2D eigenvalue weighted by atomic mass is 9.99. The van der Waals surface area contributed by atoms with Gasteiger partial charge in [-0.15, -0.1) is 0 Å². The standard InChI is InChI=1S/C20H26N4O3/c1-13(2)14-6-8-15(9-7-14)27-12-19(25)24-10-4-3-5-18(24)16-11-17(20(21)26)23-22-16/h6-9,11,13,18H,3-5,10,12H2,1-2H3,(H2,21,26)(H,22,23). The maximum absolute atomic E-state index is 12.7. The van der Waals surface area contributed by atoms with Crippen LogP contribution in [0.5, 0.6) is 5.75 Å². The summed E-state index contributed by atoms with van der Waals surface area (Å²) in [5, 5.41) is 6.78. The van der Waals surface area contributed by atoms with E-state index >= 15 is 0 Å². The zero-order valence-electron chi connectivity index (χ0n) is 15.8. The van der Waals surface area contributed by atoms with Gasteiger partial charge in [-0.1, -0.05) is 26.0 Å². The number of hydrogen-bond donors (Lipinski definition) is 2. The third kappa shape index (κ3) is 4.48. The Labute approximate surface area is 158 Å². The summed E-state index contributed by atoms with van der Waals surface area (Å²) in [4.78, 5) is 25.8. The van der Waals surface area contributed by atoms with E-state index in [1.165, 1.54) is 5.56 Å². The minimum Gasteiger partial charge on any atom is -0.484 e. The van der Waals surface area contributed by atoms with Crippen LogP contribution in [-0.4, -0.2) is 40.1 Å². The van der Waals surface area contributed by atoms with Gasteiger partial charge < -0.3 is 15.4 Å². The summed E-state index contributed by atoms with van der Waals surface area (Å²) in [5.74, 6) is 0.468. The van der Waals surface area contributed by atoms with Crippen LogP contribution in [0.4, 0.5) is 0 Å². The van der Waals surface area contributed by atoms with Crippen molar-refractivity contribution in [1.82, 2.24) is 15.1 Å². The summed E-state index contributed by atoms with van der Waals surface area (Å²) >= 11 is 0. The lowest BCUT2D eigenvalue weighted by molar-refractivity contribution is -0.137. The highest BCUT2D eigenvalue weighted by Crippen LogP contribution is 2.30. The van der Waals surface area contributed by atoms with Crippen molar-refractivity contribution < 1.29 is 14.3 Å². The highest BCUT2D eigenvalue weighted by Gasteiger charge is 2.30. The number of amides is 2. The molecule has 1 atom stereocenters. The van der Waals surface area contributed by atoms with E-state index in [1.807, 2.05) is 24.3 Å². The molecule has 1 fully saturated rings. The van der Waals surface area contributed by atoms with Gasteiger partial charge in [0.05, 0.1) is 11.7 Å². The average Bonchev–Trinajstić information content (AvgIpc) is 3.17. The molecule has 1 unspecified atom stereocenters. The van der Waals surface area contributed by atoms with Crippen molar-refractivity contribution in [2.24, 2.45) is 5.73 Å². The number of H-pyrrole nitrogens is 1. The molecule has 2 heterocycles. The summed E-state index contributed by atoms with van der Waals surface area (Å²) in [6, 6.07) is 9.31. The van der Waals surface area contributed by atoms with Crippen LogP contribution >= 0.6 is 0 Å². The number of ether oxygens (including phenoxy) is 1. The molecule has 7 heteroatoms. The average molecular weight is 370 g/mol. The summed E-state index contributed by atoms with van der Waals surface area (Å²) < 4.78 is 5.69. The number of carbonyl (C=O) groups is 2. The Hall–Kier alpha value is -2.83. The number of piperidine rings is 1. The molecule has 1 aliphatic heterocycles. The second-order valence-corrected chi connectivity index (χ2v) is 7.18. The SMILES string of the molecule is CC(C)c1ccc(OCC(=O)N2CCCCC2c2cc(C(N)=O)n[nH]2)cc1. The third-order valence-electron chi connectivity index (χ3n) is 4.94. The van der Waals surface area contributed by atoms with Crippen molar-refractivity contribution in [3.63, 3.8) is 0 Å². The van der Waals surface area contributed by atoms with Crippen LogP contribution in [0.1, 0.15) is 66.8 Å². The highest BCUT2D eigenvalue weighted by molar-refractivity contribution is 5.90. The lowest BCUT2D eigenvalue weighted by Gasteiger charge is -2.35. The van der Waals surface area contributed by atoms with Gasteiger partial charge in [0.2, 0.25) is 0 Å². The predicted octanol–water partition coefficient (Wildman–Crippen LogP) is 2.76. The summed E-state index contributed by atoms with van der Waals surface area (Å²) in [7, 11) is 0. The quantitative estimate of drug-likeness (QED) is 0.816. The molecule has 0 spiro atoms. The van der Waals surface area contributed by atoms with Crippen molar-refractivity contribution in [1.29, 1.82) is 0 Å². The van der Waals surface area contributed by atoms with Gasteiger partial charge in [-0.05, 0) is 48.9 Å². The zero-order valence-corrected chi connectivity index (χ0v) is 15.8. The molecule has 3 N–H and O–H groups in total. The molecular formula is C20H26N4O3. The van der Waals surface area contributed by atoms with E-state index in [1.54, 1.807) is 11.0 Å². The topological polar surface area (TPSA) is 101 Å². The lowest BCUT2D eigenvalue weighted by Crippen LogP contribution is -2.41. The molecule has 1 aromatic heterocycles. The number of aromatic amines is 1. The van der Waals surface area contributed by atoms with E-state index in [9.17, 15) is 9.59 Å². The van der Waals surface area contributed by atoms with E-state index in [0.717, 1.165) is 25.0 Å². The number of aromatic nitrogens is 2. The molecular weight excluding hydrogens is 344 g/mol. The fourth-order valence-electron chi connectivity index (χ4n) is 3.36. The Morgan fingerprint density at radius 3 is 2.67 bits per heavy atom. The Kier molecular flexibility index (Phi) is 5.78. The van der Waals surface area contributed by atoms with E-state index in [-0.39, 0.29) is 24.2 Å². The molecule has 27 heavy (non-hydrogen) atoms. The summed E-state index contributed by atoms with van der Waals surface area (Å²) in [5.41, 5.74) is 7.42. The molecule has 0 radical (unpaired) electrons. The minimum absolute atomic E-state index is 0.0195. The molecule has 7 nitrogen and oxygen atoms in total. The number of likely N-dealkylation sites (tertiary alicyclic amines) is 1. The molecule has 2 amide bonds. The number of primary amides is 1. The van der Waals surface area contributed by atoms with Crippen LogP contribution in [0.2, 0.25) is 0 Å². The number of nitrogens with zero attached hydrogens (tertiary/aromatic N) is 2. The van der Waals surface area contributed by atoms with Crippen molar-refractivity contribution in [2.75, 3.05) is 13.2 Å². The van der Waals surface area contributed by atoms with Crippen LogP contribution in [0.3, 0.4) is 0 Å². The fourth-order valence-corrected chi connectivity index (χ4v) is 3.36. The van der Waals surface area contributed by atoms with E-state index < -0.39 is 5.91 Å². The number of carbonyl (C=O) groups excluding carboxylic acids is 2. The van der Waals surface area contributed by atoms with Gasteiger partial charge in [0.15, 0.2) is 6.61 Å². The first kappa shape index (κ1) is 18.9. The predicted molar refractivity (Wildman–Crippen MR) is 101 cm³/mol. The number of rotatable bonds is 6. The minimum atomic E-state index is -0.584. The monoisotopic (exact) mass is 370 g/mol. The van der Waals surface area contributed by atoms with E-state index in [2.05, 4.69) is 24.0 Å². The normalized spacial score (nSPS) is 17.1. The number of nitrogens with two attached hydrogens (primary N) is 1. The number of hydrogen-bond acceptors (Lipinski definition) is 4. The summed E-state index contributed by atoms with van der Waals surface area (Å²) in [6.45, 7) is 4.91. The molecule has 3 rings (SSSR count). The first-order chi connectivity index (χ1) is 13.0. The highest BCUT2D eigenvalue weighted by atomic mass is 16.5. The van der Waals surface area contributed by atoms with Crippen LogP contribution in [-0.2, 0) is 4.79 Å². The Morgan fingerprint density at radius 1 is 1.30 bits per heavy atom. The van der Waals surface area contributed by atoms with Crippen molar-refractivity contribution in [3.8, 4) is 5.75 Å². The smallest absolute Gasteiger partial charge is 0.269 e. The maximum atomic E-state index is 12.7. The Bertz CT molecular complexity index is 798. The summed E-state index contributed by atoms with van der Waals surface area (Å²) in [6.07, 6.45) is 2.77. The van der Waals surface area contributed by atoms with Crippen LogP contribution < -0.4 is 10.5 Å². The van der Waals surface area contributed by atoms with Crippen LogP contribution in [0.25, 0.3) is 0 Å². The van der Waals surface area contributed by atoms with Crippen molar-refractivity contribution in [2.45, 2.75) is 45.1 Å². The second kappa shape index (κ2) is 8.24. The second-order valence-electron chi connectivity index (χ2n) is 7.18. The Morgan fingerprint density at radius 2 is 2.04 bits per heavy atom. The van der Waals surface area contributed by atoms with E-state index in [4.69, 9.17) is 10.5 Å². The van der Waals surface area contributed by atoms with Crippen LogP contribution in [0, 0.1) is 0 Å². The molecule has 2 aromatic rings. The van der Waals surface area contributed by atoms with Gasteiger partial charge in [0.25, 0.3) is 11.8 Å². The maximum Gasteiger partial charge on any atom is 0.269 e. The molecule has 1 aliphatic rings. The first-order valence-corrected chi connectivity index (χ1v) is 9.33. The first-order valence-electron chi connectivity index (χ1n) is 9.33. The van der Waals surface area contributed by atoms with Crippen LogP contribution in [0.15, 0.2) is 30.3 Å². The molecule has 0 bridgehead atoms. The molecule has 0 aliphatic carbocycles. The van der Waals surface area contributed by atoms with Crippen molar-refractivity contribution in [3.05, 3.63) is 47.3 Å². The largest absolute Gasteiger partial charge is 0.484 e. The molecule has 0 saturated carbocycles. The third-order valence-corrected chi connectivity index (χ3v) is 4.94. The molecule has 144 valence electrons. The number of benzene rings is 1. The van der Waals surface area contributed by atoms with E-state index in [0.29, 0.717) is 18.2 Å². The molecule has 1 saturated heterocycles. The van der Waals surface area contributed by atoms with Gasteiger partial charge >= 0.3 is 0 Å². The van der Waals surface area contributed by atoms with Gasteiger partial charge in [0.1, 0.15) is 11.4 Å². The molecule has 1 aromatic carbocycles. The van der Waals surface area contributed by atoms with Gasteiger partial charge in [-0.2, -0.15) is 5.10 Å². The fraction of sp³-hybridized carbons (Fsp3) is 0.450. The van der Waals surface area contributed by atoms with Gasteiger partial charge in [-0.25, -0.2) is 0 Å². The van der Waals surface area contributed by atoms with Gasteiger partial charge in [-0.3, -0.25) is 14.7 Å². The number of nitrogens with one attached hydrogen (secondary N) is 1.